The van der Waals surface area contributed by atoms with Gasteiger partial charge in [-0.3, -0.25) is 4.79 Å². The van der Waals surface area contributed by atoms with E-state index in [1.807, 2.05) is 61.5 Å². The molecule has 0 spiro atoms. The Morgan fingerprint density at radius 1 is 1.09 bits per heavy atom. The molecule has 0 unspecified atom stereocenters. The van der Waals surface area contributed by atoms with Gasteiger partial charge in [0.2, 0.25) is 5.91 Å². The summed E-state index contributed by atoms with van der Waals surface area (Å²) < 4.78 is 5.53. The standard InChI is InChI=1S/C19H22N2O2/c1-15(2)14-23-18-10-8-17(9-11-18)20-13-19(22)21-12-16-6-4-3-5-7-16/h3-11,20H,1,12-14H2,2H3,(H,21,22). The second kappa shape index (κ2) is 8.63. The van der Waals surface area contributed by atoms with E-state index in [1.54, 1.807) is 0 Å². The minimum atomic E-state index is -0.0449. The molecule has 0 aromatic heterocycles. The van der Waals surface area contributed by atoms with Gasteiger partial charge in [0, 0.05) is 12.2 Å². The number of amides is 1. The van der Waals surface area contributed by atoms with E-state index in [0.717, 1.165) is 22.6 Å². The van der Waals surface area contributed by atoms with Crippen LogP contribution in [0.15, 0.2) is 66.7 Å². The van der Waals surface area contributed by atoms with Crippen LogP contribution in [-0.4, -0.2) is 19.1 Å². The van der Waals surface area contributed by atoms with E-state index in [-0.39, 0.29) is 12.5 Å². The van der Waals surface area contributed by atoms with Gasteiger partial charge in [0.25, 0.3) is 0 Å². The van der Waals surface area contributed by atoms with Crippen molar-refractivity contribution in [3.8, 4) is 5.75 Å². The SMILES string of the molecule is C=C(C)COc1ccc(NCC(=O)NCc2ccccc2)cc1. The summed E-state index contributed by atoms with van der Waals surface area (Å²) in [5.74, 6) is 0.739. The van der Waals surface area contributed by atoms with Gasteiger partial charge in [-0.15, -0.1) is 0 Å². The first-order chi connectivity index (χ1) is 11.1. The maximum absolute atomic E-state index is 11.8. The summed E-state index contributed by atoms with van der Waals surface area (Å²) in [4.78, 5) is 11.8. The molecule has 0 aliphatic heterocycles. The minimum Gasteiger partial charge on any atom is -0.489 e. The molecule has 2 N–H and O–H groups in total. The molecule has 23 heavy (non-hydrogen) atoms. The Kier molecular flexibility index (Phi) is 6.24. The summed E-state index contributed by atoms with van der Waals surface area (Å²) in [6.45, 7) is 7.00. The molecule has 1 amide bonds. The number of hydrogen-bond acceptors (Lipinski definition) is 3. The summed E-state index contributed by atoms with van der Waals surface area (Å²) in [5, 5.41) is 5.97. The van der Waals surface area contributed by atoms with Gasteiger partial charge >= 0.3 is 0 Å². The van der Waals surface area contributed by atoms with Crippen molar-refractivity contribution in [1.29, 1.82) is 0 Å². The Balaban J connectivity index is 1.72. The first-order valence-electron chi connectivity index (χ1n) is 7.55. The van der Waals surface area contributed by atoms with E-state index < -0.39 is 0 Å². The number of carbonyl (C=O) groups excluding carboxylic acids is 1. The molecule has 0 aliphatic carbocycles. The maximum Gasteiger partial charge on any atom is 0.239 e. The molecule has 2 rings (SSSR count). The smallest absolute Gasteiger partial charge is 0.239 e. The average molecular weight is 310 g/mol. The number of carbonyl (C=O) groups is 1. The quantitative estimate of drug-likeness (QED) is 0.735. The van der Waals surface area contributed by atoms with Gasteiger partial charge < -0.3 is 15.4 Å². The van der Waals surface area contributed by atoms with Crippen molar-refractivity contribution in [3.63, 3.8) is 0 Å². The fourth-order valence-corrected chi connectivity index (χ4v) is 1.92. The van der Waals surface area contributed by atoms with Crippen molar-refractivity contribution >= 4 is 11.6 Å². The van der Waals surface area contributed by atoms with Gasteiger partial charge in [-0.1, -0.05) is 36.9 Å². The highest BCUT2D eigenvalue weighted by molar-refractivity contribution is 5.80. The highest BCUT2D eigenvalue weighted by atomic mass is 16.5. The van der Waals surface area contributed by atoms with Gasteiger partial charge in [0.1, 0.15) is 12.4 Å². The van der Waals surface area contributed by atoms with Crippen LogP contribution in [0.25, 0.3) is 0 Å². The first kappa shape index (κ1) is 16.6. The van der Waals surface area contributed by atoms with Crippen LogP contribution in [0.1, 0.15) is 12.5 Å². The lowest BCUT2D eigenvalue weighted by molar-refractivity contribution is -0.119. The summed E-state index contributed by atoms with van der Waals surface area (Å²) in [5.41, 5.74) is 2.93. The fraction of sp³-hybridized carbons (Fsp3) is 0.211. The molecule has 0 atom stereocenters. The van der Waals surface area contributed by atoms with Crippen molar-refractivity contribution in [2.45, 2.75) is 13.5 Å². The molecule has 2 aromatic rings. The predicted octanol–water partition coefficient (Wildman–Crippen LogP) is 3.37. The Morgan fingerprint density at radius 2 is 1.78 bits per heavy atom. The molecular formula is C19H22N2O2. The lowest BCUT2D eigenvalue weighted by Gasteiger charge is -2.09. The van der Waals surface area contributed by atoms with E-state index in [2.05, 4.69) is 17.2 Å². The third-order valence-electron chi connectivity index (χ3n) is 3.13. The third kappa shape index (κ3) is 6.26. The normalized spacial score (nSPS) is 9.96. The average Bonchev–Trinajstić information content (AvgIpc) is 2.58. The lowest BCUT2D eigenvalue weighted by atomic mass is 10.2. The summed E-state index contributed by atoms with van der Waals surface area (Å²) in [7, 11) is 0. The highest BCUT2D eigenvalue weighted by Crippen LogP contribution is 2.15. The number of rotatable bonds is 8. The van der Waals surface area contributed by atoms with Crippen molar-refractivity contribution in [2.24, 2.45) is 0 Å². The fourth-order valence-electron chi connectivity index (χ4n) is 1.92. The van der Waals surface area contributed by atoms with Crippen molar-refractivity contribution in [3.05, 3.63) is 72.3 Å². The van der Waals surface area contributed by atoms with Gasteiger partial charge in [-0.2, -0.15) is 0 Å². The molecule has 0 radical (unpaired) electrons. The molecule has 0 saturated carbocycles. The Labute approximate surface area is 137 Å². The van der Waals surface area contributed by atoms with Crippen LogP contribution in [0.4, 0.5) is 5.69 Å². The predicted molar refractivity (Wildman–Crippen MR) is 93.5 cm³/mol. The van der Waals surface area contributed by atoms with Crippen LogP contribution in [0.3, 0.4) is 0 Å². The number of benzene rings is 2. The molecule has 0 bridgehead atoms. The zero-order valence-corrected chi connectivity index (χ0v) is 13.3. The van der Waals surface area contributed by atoms with E-state index in [9.17, 15) is 4.79 Å². The molecule has 4 heteroatoms. The Hall–Kier alpha value is -2.75. The minimum absolute atomic E-state index is 0.0449. The van der Waals surface area contributed by atoms with Gasteiger partial charge in [0.15, 0.2) is 0 Å². The molecule has 2 aromatic carbocycles. The first-order valence-corrected chi connectivity index (χ1v) is 7.55. The zero-order chi connectivity index (χ0) is 16.5. The Bertz CT molecular complexity index is 636. The molecule has 0 fully saturated rings. The number of nitrogens with one attached hydrogen (secondary N) is 2. The van der Waals surface area contributed by atoms with Crippen LogP contribution >= 0.6 is 0 Å². The van der Waals surface area contributed by atoms with E-state index >= 15 is 0 Å². The van der Waals surface area contributed by atoms with Crippen molar-refractivity contribution in [2.75, 3.05) is 18.5 Å². The van der Waals surface area contributed by atoms with Gasteiger partial charge in [-0.05, 0) is 42.3 Å². The molecule has 0 saturated heterocycles. The lowest BCUT2D eigenvalue weighted by Crippen LogP contribution is -2.29. The molecule has 120 valence electrons. The van der Waals surface area contributed by atoms with Crippen molar-refractivity contribution < 1.29 is 9.53 Å². The third-order valence-corrected chi connectivity index (χ3v) is 3.13. The van der Waals surface area contributed by atoms with Crippen LogP contribution in [0.5, 0.6) is 5.75 Å². The molecular weight excluding hydrogens is 288 g/mol. The summed E-state index contributed by atoms with van der Waals surface area (Å²) >= 11 is 0. The van der Waals surface area contributed by atoms with Gasteiger partial charge in [-0.25, -0.2) is 0 Å². The monoisotopic (exact) mass is 310 g/mol. The Morgan fingerprint density at radius 3 is 2.43 bits per heavy atom. The summed E-state index contributed by atoms with van der Waals surface area (Å²) in [6, 6.07) is 17.3. The highest BCUT2D eigenvalue weighted by Gasteiger charge is 2.02. The second-order valence-electron chi connectivity index (χ2n) is 5.39. The summed E-state index contributed by atoms with van der Waals surface area (Å²) in [6.07, 6.45) is 0. The zero-order valence-electron chi connectivity index (χ0n) is 13.3. The molecule has 0 heterocycles. The van der Waals surface area contributed by atoms with Crippen molar-refractivity contribution in [1.82, 2.24) is 5.32 Å². The number of hydrogen-bond donors (Lipinski definition) is 2. The number of ether oxygens (including phenoxy) is 1. The number of anilines is 1. The van der Waals surface area contributed by atoms with Gasteiger partial charge in [0.05, 0.1) is 6.54 Å². The van der Waals surface area contributed by atoms with Crippen LogP contribution in [0.2, 0.25) is 0 Å². The second-order valence-corrected chi connectivity index (χ2v) is 5.39. The van der Waals surface area contributed by atoms with E-state index in [0.29, 0.717) is 13.2 Å². The van der Waals surface area contributed by atoms with E-state index in [4.69, 9.17) is 4.74 Å². The molecule has 0 aliphatic rings. The van der Waals surface area contributed by atoms with Crippen LogP contribution in [0, 0.1) is 0 Å². The topological polar surface area (TPSA) is 50.4 Å². The van der Waals surface area contributed by atoms with E-state index in [1.165, 1.54) is 0 Å². The van der Waals surface area contributed by atoms with Crippen LogP contribution in [-0.2, 0) is 11.3 Å². The molecule has 4 nitrogen and oxygen atoms in total. The maximum atomic E-state index is 11.8. The van der Waals surface area contributed by atoms with Crippen LogP contribution < -0.4 is 15.4 Å². The largest absolute Gasteiger partial charge is 0.489 e.